The minimum absolute atomic E-state index is 0.0806. The molecule has 0 saturated carbocycles. The number of ether oxygens (including phenoxy) is 1. The lowest BCUT2D eigenvalue weighted by molar-refractivity contribution is -0.289. The Morgan fingerprint density at radius 3 is 2.19 bits per heavy atom. The van der Waals surface area contributed by atoms with Crippen molar-refractivity contribution in [2.24, 2.45) is 7.05 Å². The van der Waals surface area contributed by atoms with Gasteiger partial charge in [-0.1, -0.05) is 42.5 Å². The van der Waals surface area contributed by atoms with Gasteiger partial charge in [0.2, 0.25) is 11.8 Å². The fraction of sp³-hybridized carbons (Fsp3) is 0.208. The fourth-order valence-corrected chi connectivity index (χ4v) is 3.95. The molecule has 0 aliphatic carbocycles. The van der Waals surface area contributed by atoms with Crippen molar-refractivity contribution in [1.29, 1.82) is 0 Å². The molecule has 2 aromatic heterocycles. The summed E-state index contributed by atoms with van der Waals surface area (Å²) < 4.78 is 81.2. The Kier molecular flexibility index (Phi) is 6.90. The summed E-state index contributed by atoms with van der Waals surface area (Å²) in [5.41, 5.74) is -1.01. The minimum Gasteiger partial charge on any atom is -0.438 e. The minimum atomic E-state index is -5.92. The first-order valence-corrected chi connectivity index (χ1v) is 11.4. The van der Waals surface area contributed by atoms with E-state index in [9.17, 15) is 13.2 Å². The molecule has 0 spiro atoms. The van der Waals surface area contributed by atoms with Crippen molar-refractivity contribution in [2.45, 2.75) is 30.8 Å². The summed E-state index contributed by atoms with van der Waals surface area (Å²) in [6, 6.07) is 12.5. The van der Waals surface area contributed by atoms with Crippen LogP contribution in [0.1, 0.15) is 16.7 Å². The lowest BCUT2D eigenvalue weighted by Gasteiger charge is -2.25. The number of nitrogens with one attached hydrogen (secondary N) is 1. The molecule has 2 aromatic carbocycles. The first-order valence-electron chi connectivity index (χ1n) is 10.6. The highest BCUT2D eigenvalue weighted by Crippen LogP contribution is 2.51. The normalized spacial score (nSPS) is 12.0. The number of hydrogen-bond acceptors (Lipinski definition) is 6. The van der Waals surface area contributed by atoms with Gasteiger partial charge in [0.05, 0.1) is 16.8 Å². The number of rotatable bonds is 7. The van der Waals surface area contributed by atoms with Crippen LogP contribution in [0.25, 0.3) is 11.3 Å². The van der Waals surface area contributed by atoms with Gasteiger partial charge in [-0.25, -0.2) is 4.98 Å². The first-order chi connectivity index (χ1) is 17.0. The molecule has 6 nitrogen and oxygen atoms in total. The summed E-state index contributed by atoms with van der Waals surface area (Å²) in [4.78, 5) is 8.70. The maximum Gasteiger partial charge on any atom is 0.458 e. The Morgan fingerprint density at radius 1 is 0.917 bits per heavy atom. The van der Waals surface area contributed by atoms with Crippen LogP contribution >= 0.6 is 11.9 Å². The summed E-state index contributed by atoms with van der Waals surface area (Å²) in [5, 5.41) is 4.03. The number of para-hydroxylation sites is 1. The second-order valence-corrected chi connectivity index (χ2v) is 8.76. The van der Waals surface area contributed by atoms with Crippen LogP contribution < -0.4 is 9.46 Å². The zero-order valence-corrected chi connectivity index (χ0v) is 20.1. The van der Waals surface area contributed by atoms with Crippen molar-refractivity contribution < 1.29 is 26.7 Å². The Bertz CT molecular complexity index is 1390. The van der Waals surface area contributed by atoms with E-state index in [1.807, 2.05) is 0 Å². The second kappa shape index (κ2) is 9.76. The van der Waals surface area contributed by atoms with Gasteiger partial charge < -0.3 is 4.74 Å². The van der Waals surface area contributed by atoms with Crippen molar-refractivity contribution in [2.75, 3.05) is 4.72 Å². The summed E-state index contributed by atoms with van der Waals surface area (Å²) in [6.45, 7) is 3.23. The third kappa shape index (κ3) is 5.13. The average Bonchev–Trinajstić information content (AvgIpc) is 3.23. The number of aromatic nitrogens is 4. The van der Waals surface area contributed by atoms with Crippen LogP contribution in [0.3, 0.4) is 0 Å². The van der Waals surface area contributed by atoms with Gasteiger partial charge in [-0.2, -0.15) is 32.0 Å². The molecule has 0 saturated heterocycles. The van der Waals surface area contributed by atoms with Gasteiger partial charge in [-0.3, -0.25) is 9.40 Å². The number of halogens is 5. The van der Waals surface area contributed by atoms with E-state index in [1.54, 1.807) is 62.1 Å². The number of anilines is 1. The topological polar surface area (TPSA) is 64.9 Å². The van der Waals surface area contributed by atoms with Gasteiger partial charge in [0.1, 0.15) is 11.3 Å². The quantitative estimate of drug-likeness (QED) is 0.208. The molecule has 1 N–H and O–H groups in total. The van der Waals surface area contributed by atoms with E-state index in [0.29, 0.717) is 16.0 Å². The molecule has 4 aromatic rings. The Balaban J connectivity index is 1.94. The Labute approximate surface area is 207 Å². The van der Waals surface area contributed by atoms with Gasteiger partial charge in [0, 0.05) is 18.8 Å². The third-order valence-electron chi connectivity index (χ3n) is 5.19. The van der Waals surface area contributed by atoms with Crippen LogP contribution in [0.2, 0.25) is 0 Å². The average molecular weight is 522 g/mol. The van der Waals surface area contributed by atoms with Gasteiger partial charge in [-0.15, -0.1) is 0 Å². The number of nitrogens with zero attached hydrogens (tertiary/aromatic N) is 4. The van der Waals surface area contributed by atoms with Gasteiger partial charge in [0.15, 0.2) is 0 Å². The van der Waals surface area contributed by atoms with Crippen molar-refractivity contribution in [3.05, 3.63) is 77.6 Å². The lowest BCUT2D eigenvalue weighted by Crippen LogP contribution is -2.35. The zero-order chi connectivity index (χ0) is 26.1. The molecule has 36 heavy (non-hydrogen) atoms. The van der Waals surface area contributed by atoms with E-state index in [0.717, 1.165) is 11.9 Å². The molecule has 0 bridgehead atoms. The van der Waals surface area contributed by atoms with E-state index in [1.165, 1.54) is 24.4 Å². The monoisotopic (exact) mass is 521 g/mol. The van der Waals surface area contributed by atoms with E-state index in [-0.39, 0.29) is 17.3 Å². The molecule has 4 rings (SSSR count). The fourth-order valence-electron chi connectivity index (χ4n) is 3.35. The molecule has 0 radical (unpaired) electrons. The van der Waals surface area contributed by atoms with Gasteiger partial charge in [-0.05, 0) is 43.0 Å². The molecule has 0 aliphatic rings. The van der Waals surface area contributed by atoms with Crippen LogP contribution in [0.15, 0.2) is 65.8 Å². The number of hydrogen-bond donors (Lipinski definition) is 1. The van der Waals surface area contributed by atoms with Crippen LogP contribution in [0, 0.1) is 13.8 Å². The SMILES string of the molecule is Cc1ccccc1Oc1nc(NSc2cnn(C)c2)nc(-c2ccccc2C)c1C(F)(F)C(F)(F)F. The van der Waals surface area contributed by atoms with Crippen molar-refractivity contribution in [3.63, 3.8) is 0 Å². The summed E-state index contributed by atoms with van der Waals surface area (Å²) in [6.07, 6.45) is -2.70. The van der Waals surface area contributed by atoms with E-state index in [4.69, 9.17) is 4.74 Å². The molecule has 0 fully saturated rings. The van der Waals surface area contributed by atoms with Crippen molar-refractivity contribution in [1.82, 2.24) is 19.7 Å². The van der Waals surface area contributed by atoms with Crippen molar-refractivity contribution in [3.8, 4) is 22.9 Å². The molecule has 0 atom stereocenters. The largest absolute Gasteiger partial charge is 0.458 e. The molecule has 12 heteroatoms. The molecular formula is C24H20F5N5OS. The number of aryl methyl sites for hydroxylation is 3. The smallest absolute Gasteiger partial charge is 0.438 e. The van der Waals surface area contributed by atoms with Crippen LogP contribution in [-0.2, 0) is 13.0 Å². The maximum absolute atomic E-state index is 15.1. The maximum atomic E-state index is 15.1. The summed E-state index contributed by atoms with van der Waals surface area (Å²) in [5.74, 6) is -6.35. The van der Waals surface area contributed by atoms with E-state index >= 15 is 8.78 Å². The van der Waals surface area contributed by atoms with E-state index < -0.39 is 29.2 Å². The lowest BCUT2D eigenvalue weighted by atomic mass is 9.98. The van der Waals surface area contributed by atoms with Gasteiger partial charge >= 0.3 is 12.1 Å². The van der Waals surface area contributed by atoms with Gasteiger partial charge in [0.25, 0.3) is 0 Å². The van der Waals surface area contributed by atoms with Crippen LogP contribution in [0.4, 0.5) is 27.9 Å². The number of benzene rings is 2. The standard InChI is InChI=1S/C24H20F5N5OS/c1-14-8-4-6-10-17(14)20-19(23(25,26)24(27,28)29)21(35-18-11-7-5-9-15(18)2)32-22(31-20)33-36-16-12-30-34(3)13-16/h4-13H,1-3H3,(H,31,32,33). The third-order valence-corrected chi connectivity index (χ3v) is 5.92. The molecule has 0 amide bonds. The summed E-state index contributed by atoms with van der Waals surface area (Å²) in [7, 11) is 1.71. The van der Waals surface area contributed by atoms with Crippen LogP contribution in [-0.4, -0.2) is 25.9 Å². The Hall–Kier alpha value is -3.67. The highest BCUT2D eigenvalue weighted by Gasteiger charge is 2.62. The highest BCUT2D eigenvalue weighted by molar-refractivity contribution is 8.00. The zero-order valence-electron chi connectivity index (χ0n) is 19.3. The first kappa shape index (κ1) is 25.4. The molecular weight excluding hydrogens is 501 g/mol. The molecule has 0 unspecified atom stereocenters. The van der Waals surface area contributed by atoms with E-state index in [2.05, 4.69) is 19.8 Å². The predicted molar refractivity (Wildman–Crippen MR) is 126 cm³/mol. The van der Waals surface area contributed by atoms with Crippen molar-refractivity contribution >= 4 is 17.9 Å². The predicted octanol–water partition coefficient (Wildman–Crippen LogP) is 7.06. The highest BCUT2D eigenvalue weighted by atomic mass is 32.2. The molecule has 2 heterocycles. The van der Waals surface area contributed by atoms with Crippen LogP contribution in [0.5, 0.6) is 11.6 Å². The Morgan fingerprint density at radius 2 is 1.58 bits per heavy atom. The molecule has 188 valence electrons. The number of alkyl halides is 5. The summed E-state index contributed by atoms with van der Waals surface area (Å²) >= 11 is 1.02. The second-order valence-electron chi connectivity index (χ2n) is 7.88. The molecule has 0 aliphatic heterocycles.